The predicted octanol–water partition coefficient (Wildman–Crippen LogP) is 3.25. The fourth-order valence-electron chi connectivity index (χ4n) is 1.32. The van der Waals surface area contributed by atoms with Gasteiger partial charge in [-0.3, -0.25) is 0 Å². The Kier molecular flexibility index (Phi) is 3.97. The van der Waals surface area contributed by atoms with E-state index in [-0.39, 0.29) is 10.5 Å². The van der Waals surface area contributed by atoms with Crippen molar-refractivity contribution in [3.63, 3.8) is 0 Å². The van der Waals surface area contributed by atoms with Crippen molar-refractivity contribution in [2.45, 2.75) is 12.2 Å². The topological polar surface area (TPSA) is 0 Å². The summed E-state index contributed by atoms with van der Waals surface area (Å²) >= 11 is 0. The summed E-state index contributed by atoms with van der Waals surface area (Å²) < 4.78 is 0. The highest BCUT2D eigenvalue weighted by molar-refractivity contribution is 8.12. The van der Waals surface area contributed by atoms with Crippen molar-refractivity contribution in [1.82, 2.24) is 0 Å². The number of hydrogen-bond donors (Lipinski definition) is 0. The van der Waals surface area contributed by atoms with Gasteiger partial charge in [-0.2, -0.15) is 10.5 Å². The third-order valence-electron chi connectivity index (χ3n) is 1.88. The molecule has 0 N–H and O–H groups in total. The molecule has 0 amide bonds. The molecular weight excluding hydrogens is 176 g/mol. The van der Waals surface area contributed by atoms with E-state index in [1.165, 1.54) is 11.1 Å². The summed E-state index contributed by atoms with van der Waals surface area (Å²) in [6.07, 6.45) is 5.09. The Morgan fingerprint density at radius 3 is 2.46 bits per heavy atom. The Morgan fingerprint density at radius 1 is 1.31 bits per heavy atom. The minimum absolute atomic E-state index is 0.235. The SMILES string of the molecule is C=CCc1ccccc1CS(=C)C. The van der Waals surface area contributed by atoms with Gasteiger partial charge >= 0.3 is 0 Å². The van der Waals surface area contributed by atoms with Crippen LogP contribution in [0.3, 0.4) is 0 Å². The lowest BCUT2D eigenvalue weighted by molar-refractivity contribution is 1.20. The lowest BCUT2D eigenvalue weighted by Gasteiger charge is -2.07. The van der Waals surface area contributed by atoms with Crippen LogP contribution < -0.4 is 0 Å². The van der Waals surface area contributed by atoms with E-state index >= 15 is 0 Å². The summed E-state index contributed by atoms with van der Waals surface area (Å²) in [6.45, 7) is 3.76. The first kappa shape index (κ1) is 10.3. The third kappa shape index (κ3) is 3.19. The van der Waals surface area contributed by atoms with Gasteiger partial charge in [0.05, 0.1) is 0 Å². The Balaban J connectivity index is 2.90. The Bertz CT molecular complexity index is 313. The van der Waals surface area contributed by atoms with Gasteiger partial charge in [0.25, 0.3) is 0 Å². The van der Waals surface area contributed by atoms with Crippen molar-refractivity contribution >= 4 is 16.4 Å². The number of allylic oxidation sites excluding steroid dienone is 1. The van der Waals surface area contributed by atoms with Gasteiger partial charge in [-0.25, -0.2) is 0 Å². The molecule has 0 saturated heterocycles. The quantitative estimate of drug-likeness (QED) is 0.507. The maximum atomic E-state index is 4.04. The molecule has 1 unspecified atom stereocenters. The normalized spacial score (nSPS) is 12.4. The Labute approximate surface area is 83.2 Å². The maximum absolute atomic E-state index is 4.04. The van der Waals surface area contributed by atoms with E-state index in [2.05, 4.69) is 43.0 Å². The predicted molar refractivity (Wildman–Crippen MR) is 64.7 cm³/mol. The summed E-state index contributed by atoms with van der Waals surface area (Å²) in [4.78, 5) is 0. The Hall–Kier alpha value is -0.820. The third-order valence-corrected chi connectivity index (χ3v) is 2.69. The molecule has 13 heavy (non-hydrogen) atoms. The minimum Gasteiger partial charge on any atom is -0.192 e. The van der Waals surface area contributed by atoms with Crippen molar-refractivity contribution in [3.8, 4) is 0 Å². The van der Waals surface area contributed by atoms with Gasteiger partial charge in [-0.05, 0) is 23.8 Å². The monoisotopic (exact) mass is 192 g/mol. The van der Waals surface area contributed by atoms with Gasteiger partial charge in [-0.1, -0.05) is 36.2 Å². The fourth-order valence-corrected chi connectivity index (χ4v) is 2.13. The highest BCUT2D eigenvalue weighted by atomic mass is 32.2. The van der Waals surface area contributed by atoms with Crippen LogP contribution in [0.4, 0.5) is 0 Å². The zero-order chi connectivity index (χ0) is 9.68. The van der Waals surface area contributed by atoms with E-state index in [9.17, 15) is 0 Å². The summed E-state index contributed by atoms with van der Waals surface area (Å²) in [5.41, 5.74) is 2.81. The minimum atomic E-state index is 0.235. The van der Waals surface area contributed by atoms with E-state index in [4.69, 9.17) is 0 Å². The van der Waals surface area contributed by atoms with Gasteiger partial charge in [0.1, 0.15) is 0 Å². The van der Waals surface area contributed by atoms with Crippen LogP contribution in [0.2, 0.25) is 0 Å². The molecule has 0 spiro atoms. The molecule has 0 aromatic heterocycles. The molecule has 1 atom stereocenters. The van der Waals surface area contributed by atoms with Crippen molar-refractivity contribution in [2.24, 2.45) is 0 Å². The fraction of sp³-hybridized carbons (Fsp3) is 0.250. The van der Waals surface area contributed by atoms with Gasteiger partial charge in [0.15, 0.2) is 0 Å². The van der Waals surface area contributed by atoms with Crippen LogP contribution in [0.15, 0.2) is 36.9 Å². The smallest absolute Gasteiger partial charge is 0.0129 e. The second kappa shape index (κ2) is 5.03. The molecule has 0 fully saturated rings. The first-order valence-corrected chi connectivity index (χ1v) is 6.31. The van der Waals surface area contributed by atoms with Gasteiger partial charge in [0, 0.05) is 5.75 Å². The van der Waals surface area contributed by atoms with Crippen molar-refractivity contribution < 1.29 is 0 Å². The van der Waals surface area contributed by atoms with Crippen molar-refractivity contribution in [3.05, 3.63) is 48.0 Å². The van der Waals surface area contributed by atoms with Crippen LogP contribution in [0.5, 0.6) is 0 Å². The van der Waals surface area contributed by atoms with Crippen LogP contribution in [0.25, 0.3) is 0 Å². The Morgan fingerprint density at radius 2 is 1.92 bits per heavy atom. The molecule has 1 rings (SSSR count). The summed E-state index contributed by atoms with van der Waals surface area (Å²) in [7, 11) is 0.235. The molecule has 0 bridgehead atoms. The molecule has 1 aromatic carbocycles. The molecule has 0 aliphatic carbocycles. The average Bonchev–Trinajstić information content (AvgIpc) is 2.08. The van der Waals surface area contributed by atoms with Crippen molar-refractivity contribution in [2.75, 3.05) is 6.26 Å². The summed E-state index contributed by atoms with van der Waals surface area (Å²) in [6, 6.07) is 8.53. The second-order valence-electron chi connectivity index (χ2n) is 3.19. The summed E-state index contributed by atoms with van der Waals surface area (Å²) in [5.74, 6) is 5.12. The molecule has 0 saturated carbocycles. The first-order valence-electron chi connectivity index (χ1n) is 4.34. The second-order valence-corrected chi connectivity index (χ2v) is 5.04. The summed E-state index contributed by atoms with van der Waals surface area (Å²) in [5, 5.41) is 0. The van der Waals surface area contributed by atoms with Gasteiger partial charge < -0.3 is 0 Å². The largest absolute Gasteiger partial charge is 0.192 e. The van der Waals surface area contributed by atoms with Crippen molar-refractivity contribution in [1.29, 1.82) is 0 Å². The van der Waals surface area contributed by atoms with E-state index < -0.39 is 0 Å². The standard InChI is InChI=1S/C12H16S/c1-4-7-11-8-5-6-9-12(11)10-13(2)3/h4-6,8-9H,1-2,7,10H2,3H3. The number of benzene rings is 1. The lowest BCUT2D eigenvalue weighted by atomic mass is 10.1. The van der Waals surface area contributed by atoms with Crippen LogP contribution in [0, 0.1) is 0 Å². The highest BCUT2D eigenvalue weighted by Gasteiger charge is 1.98. The van der Waals surface area contributed by atoms with E-state index in [1.54, 1.807) is 0 Å². The number of rotatable bonds is 4. The first-order chi connectivity index (χ1) is 6.24. The zero-order valence-corrected chi connectivity index (χ0v) is 8.94. The molecule has 70 valence electrons. The molecule has 0 heterocycles. The average molecular weight is 192 g/mol. The molecule has 0 radical (unpaired) electrons. The molecule has 0 aliphatic rings. The molecule has 1 heteroatoms. The van der Waals surface area contributed by atoms with Gasteiger partial charge in [0.2, 0.25) is 0 Å². The van der Waals surface area contributed by atoms with E-state index in [1.807, 2.05) is 6.08 Å². The van der Waals surface area contributed by atoms with E-state index in [0.717, 1.165) is 12.2 Å². The molecule has 0 aliphatic heterocycles. The van der Waals surface area contributed by atoms with Crippen LogP contribution >= 0.6 is 10.5 Å². The van der Waals surface area contributed by atoms with E-state index in [0.29, 0.717) is 0 Å². The lowest BCUT2D eigenvalue weighted by Crippen LogP contribution is -1.90. The molecular formula is C12H16S. The molecule has 0 nitrogen and oxygen atoms in total. The van der Waals surface area contributed by atoms with Crippen LogP contribution in [-0.2, 0) is 12.2 Å². The van der Waals surface area contributed by atoms with Crippen LogP contribution in [0.1, 0.15) is 11.1 Å². The molecule has 1 aromatic rings. The number of hydrogen-bond acceptors (Lipinski definition) is 0. The zero-order valence-electron chi connectivity index (χ0n) is 8.12. The maximum Gasteiger partial charge on any atom is 0.0129 e. The van der Waals surface area contributed by atoms with Gasteiger partial charge in [-0.15, -0.1) is 6.58 Å². The van der Waals surface area contributed by atoms with Crippen LogP contribution in [-0.4, -0.2) is 12.1 Å². The highest BCUT2D eigenvalue weighted by Crippen LogP contribution is 2.18.